The minimum atomic E-state index is -0.579. The Hall–Kier alpha value is -0.920. The van der Waals surface area contributed by atoms with E-state index in [0.29, 0.717) is 6.42 Å². The molecule has 0 fully saturated rings. The van der Waals surface area contributed by atoms with Crippen LogP contribution in [0.1, 0.15) is 17.5 Å². The summed E-state index contributed by atoms with van der Waals surface area (Å²) in [6.07, 6.45) is -0.0891. The first-order valence-electron chi connectivity index (χ1n) is 6.59. The van der Waals surface area contributed by atoms with Gasteiger partial charge in [0.05, 0.1) is 17.1 Å². The standard InChI is InChI=1S/C16H14BrIN2O/c1-20-14-5-3-2-4-13(14)19-16(20)9-15(21)11-8-10(18)6-7-12(11)17/h2-8,15,21H,9H2,1H3. The lowest BCUT2D eigenvalue weighted by molar-refractivity contribution is 0.174. The van der Waals surface area contributed by atoms with Gasteiger partial charge < -0.3 is 9.67 Å². The molecule has 108 valence electrons. The van der Waals surface area contributed by atoms with Gasteiger partial charge in [-0.2, -0.15) is 0 Å². The molecule has 1 atom stereocenters. The van der Waals surface area contributed by atoms with E-state index >= 15 is 0 Å². The predicted molar refractivity (Wildman–Crippen MR) is 96.2 cm³/mol. The molecule has 0 saturated heterocycles. The van der Waals surface area contributed by atoms with E-state index < -0.39 is 6.10 Å². The first kappa shape index (κ1) is 15.0. The molecular weight excluding hydrogens is 443 g/mol. The Kier molecular flexibility index (Phi) is 4.33. The molecule has 1 heterocycles. The van der Waals surface area contributed by atoms with Crippen LogP contribution in [0.4, 0.5) is 0 Å². The molecule has 0 saturated carbocycles. The number of halogens is 2. The van der Waals surface area contributed by atoms with Gasteiger partial charge in [0.1, 0.15) is 5.82 Å². The highest BCUT2D eigenvalue weighted by Crippen LogP contribution is 2.28. The highest BCUT2D eigenvalue weighted by molar-refractivity contribution is 14.1. The fraction of sp³-hybridized carbons (Fsp3) is 0.188. The van der Waals surface area contributed by atoms with Crippen LogP contribution in [0.15, 0.2) is 46.9 Å². The Bertz CT molecular complexity index is 800. The zero-order chi connectivity index (χ0) is 15.0. The fourth-order valence-electron chi connectivity index (χ4n) is 2.43. The van der Waals surface area contributed by atoms with Gasteiger partial charge >= 0.3 is 0 Å². The van der Waals surface area contributed by atoms with Gasteiger partial charge in [-0.1, -0.05) is 28.1 Å². The second kappa shape index (κ2) is 6.06. The quantitative estimate of drug-likeness (QED) is 0.599. The minimum absolute atomic E-state index is 0.490. The van der Waals surface area contributed by atoms with Crippen molar-refractivity contribution in [3.8, 4) is 0 Å². The highest BCUT2D eigenvalue weighted by Gasteiger charge is 2.16. The summed E-state index contributed by atoms with van der Waals surface area (Å²) in [5.74, 6) is 0.884. The van der Waals surface area contributed by atoms with Crippen LogP contribution in [0.2, 0.25) is 0 Å². The van der Waals surface area contributed by atoms with Crippen molar-refractivity contribution in [2.24, 2.45) is 7.05 Å². The number of aryl methyl sites for hydroxylation is 1. The molecule has 0 radical (unpaired) electrons. The van der Waals surface area contributed by atoms with E-state index in [2.05, 4.69) is 43.5 Å². The van der Waals surface area contributed by atoms with Crippen LogP contribution in [-0.2, 0) is 13.5 Å². The van der Waals surface area contributed by atoms with Crippen molar-refractivity contribution in [2.75, 3.05) is 0 Å². The predicted octanol–water partition coefficient (Wildman–Crippen LogP) is 4.22. The van der Waals surface area contributed by atoms with Crippen molar-refractivity contribution in [3.05, 3.63) is 61.9 Å². The maximum Gasteiger partial charge on any atom is 0.112 e. The lowest BCUT2D eigenvalue weighted by Crippen LogP contribution is -2.07. The molecule has 3 aromatic rings. The monoisotopic (exact) mass is 456 g/mol. The molecule has 0 spiro atoms. The van der Waals surface area contributed by atoms with Gasteiger partial charge in [0.2, 0.25) is 0 Å². The van der Waals surface area contributed by atoms with Crippen LogP contribution in [0.5, 0.6) is 0 Å². The van der Waals surface area contributed by atoms with E-state index in [-0.39, 0.29) is 0 Å². The number of aliphatic hydroxyl groups excluding tert-OH is 1. The number of para-hydroxylation sites is 2. The average molecular weight is 457 g/mol. The zero-order valence-electron chi connectivity index (χ0n) is 11.4. The van der Waals surface area contributed by atoms with E-state index in [1.165, 1.54) is 0 Å². The molecule has 3 rings (SSSR count). The highest BCUT2D eigenvalue weighted by atomic mass is 127. The second-order valence-corrected chi connectivity index (χ2v) is 7.06. The third-order valence-electron chi connectivity index (χ3n) is 3.57. The molecule has 0 amide bonds. The van der Waals surface area contributed by atoms with Gasteiger partial charge in [0.15, 0.2) is 0 Å². The summed E-state index contributed by atoms with van der Waals surface area (Å²) in [5, 5.41) is 10.5. The lowest BCUT2D eigenvalue weighted by Gasteiger charge is -2.13. The van der Waals surface area contributed by atoms with Gasteiger partial charge in [-0.25, -0.2) is 4.98 Å². The molecular formula is C16H14BrIN2O. The van der Waals surface area contributed by atoms with Crippen molar-refractivity contribution < 1.29 is 5.11 Å². The third-order valence-corrected chi connectivity index (χ3v) is 4.97. The summed E-state index contributed by atoms with van der Waals surface area (Å²) in [4.78, 5) is 4.62. The van der Waals surface area contributed by atoms with Gasteiger partial charge in [0.25, 0.3) is 0 Å². The van der Waals surface area contributed by atoms with Crippen LogP contribution in [0, 0.1) is 3.57 Å². The molecule has 3 nitrogen and oxygen atoms in total. The van der Waals surface area contributed by atoms with Gasteiger partial charge in [-0.05, 0) is 58.5 Å². The largest absolute Gasteiger partial charge is 0.388 e. The Labute approximate surface area is 145 Å². The Morgan fingerprint density at radius 2 is 2.05 bits per heavy atom. The molecule has 2 aromatic carbocycles. The van der Waals surface area contributed by atoms with E-state index in [9.17, 15) is 5.11 Å². The zero-order valence-corrected chi connectivity index (χ0v) is 15.2. The van der Waals surface area contributed by atoms with E-state index in [1.54, 1.807) is 0 Å². The molecule has 1 N–H and O–H groups in total. The number of fused-ring (bicyclic) bond motifs is 1. The first-order valence-corrected chi connectivity index (χ1v) is 8.47. The van der Waals surface area contributed by atoms with Crippen LogP contribution in [0.3, 0.4) is 0 Å². The first-order chi connectivity index (χ1) is 10.1. The number of hydrogen-bond acceptors (Lipinski definition) is 2. The maximum atomic E-state index is 10.5. The lowest BCUT2D eigenvalue weighted by atomic mass is 10.1. The third kappa shape index (κ3) is 3.00. The SMILES string of the molecule is Cn1c(CC(O)c2cc(I)ccc2Br)nc2ccccc21. The van der Waals surface area contributed by atoms with Gasteiger partial charge in [-0.3, -0.25) is 0 Å². The smallest absolute Gasteiger partial charge is 0.112 e. The van der Waals surface area contributed by atoms with Crippen molar-refractivity contribution in [2.45, 2.75) is 12.5 Å². The minimum Gasteiger partial charge on any atom is -0.388 e. The summed E-state index contributed by atoms with van der Waals surface area (Å²) in [6, 6.07) is 14.0. The summed E-state index contributed by atoms with van der Waals surface area (Å²) in [6.45, 7) is 0. The summed E-state index contributed by atoms with van der Waals surface area (Å²) in [7, 11) is 1.99. The van der Waals surface area contributed by atoms with Gasteiger partial charge in [-0.15, -0.1) is 0 Å². The van der Waals surface area contributed by atoms with E-state index in [4.69, 9.17) is 0 Å². The Balaban J connectivity index is 1.94. The van der Waals surface area contributed by atoms with Gasteiger partial charge in [0, 0.05) is 21.5 Å². The van der Waals surface area contributed by atoms with Crippen LogP contribution < -0.4 is 0 Å². The molecule has 0 aliphatic carbocycles. The number of imidazole rings is 1. The average Bonchev–Trinajstić information content (AvgIpc) is 2.78. The molecule has 21 heavy (non-hydrogen) atoms. The molecule has 5 heteroatoms. The normalized spacial score (nSPS) is 12.8. The summed E-state index contributed by atoms with van der Waals surface area (Å²) >= 11 is 5.76. The number of hydrogen-bond donors (Lipinski definition) is 1. The van der Waals surface area contributed by atoms with Crippen molar-refractivity contribution in [1.82, 2.24) is 9.55 Å². The number of benzene rings is 2. The van der Waals surface area contributed by atoms with Crippen molar-refractivity contribution in [1.29, 1.82) is 0 Å². The van der Waals surface area contributed by atoms with Crippen LogP contribution >= 0.6 is 38.5 Å². The molecule has 0 aliphatic rings. The maximum absolute atomic E-state index is 10.5. The number of aliphatic hydroxyl groups is 1. The molecule has 0 bridgehead atoms. The Morgan fingerprint density at radius 1 is 1.29 bits per heavy atom. The molecule has 1 aromatic heterocycles. The fourth-order valence-corrected chi connectivity index (χ4v) is 3.46. The summed E-state index contributed by atoms with van der Waals surface area (Å²) < 4.78 is 4.07. The van der Waals surface area contributed by atoms with Crippen LogP contribution in [0.25, 0.3) is 11.0 Å². The Morgan fingerprint density at radius 3 is 2.81 bits per heavy atom. The number of aromatic nitrogens is 2. The molecule has 0 aliphatic heterocycles. The number of rotatable bonds is 3. The van der Waals surface area contributed by atoms with E-state index in [1.807, 2.05) is 54.1 Å². The number of nitrogens with zero attached hydrogens (tertiary/aromatic N) is 2. The van der Waals surface area contributed by atoms with Crippen LogP contribution in [-0.4, -0.2) is 14.7 Å². The van der Waals surface area contributed by atoms with Crippen molar-refractivity contribution >= 4 is 49.6 Å². The topological polar surface area (TPSA) is 38.0 Å². The second-order valence-electron chi connectivity index (χ2n) is 4.96. The summed E-state index contributed by atoms with van der Waals surface area (Å²) in [5.41, 5.74) is 2.94. The molecule has 1 unspecified atom stereocenters. The van der Waals surface area contributed by atoms with Crippen molar-refractivity contribution in [3.63, 3.8) is 0 Å². The van der Waals surface area contributed by atoms with E-state index in [0.717, 1.165) is 30.5 Å².